The van der Waals surface area contributed by atoms with Gasteiger partial charge in [-0.2, -0.15) is 0 Å². The molecule has 0 aliphatic rings. The SMILES string of the molecule is CCc1c(NC)ncnc1NCCc1cccs1. The van der Waals surface area contributed by atoms with Crippen molar-refractivity contribution in [3.63, 3.8) is 0 Å². The second-order valence-corrected chi connectivity index (χ2v) is 4.94. The molecular weight excluding hydrogens is 244 g/mol. The Morgan fingerprint density at radius 2 is 2.11 bits per heavy atom. The summed E-state index contributed by atoms with van der Waals surface area (Å²) in [5, 5.41) is 8.60. The van der Waals surface area contributed by atoms with Crippen molar-refractivity contribution in [2.24, 2.45) is 0 Å². The van der Waals surface area contributed by atoms with Crippen LogP contribution in [-0.4, -0.2) is 23.6 Å². The van der Waals surface area contributed by atoms with Crippen LogP contribution in [0.4, 0.5) is 11.6 Å². The minimum atomic E-state index is 0.897. The Morgan fingerprint density at radius 1 is 1.28 bits per heavy atom. The van der Waals surface area contributed by atoms with E-state index < -0.39 is 0 Å². The predicted octanol–water partition coefficient (Wildman–Crippen LogP) is 2.80. The molecule has 0 saturated carbocycles. The molecule has 2 aromatic rings. The summed E-state index contributed by atoms with van der Waals surface area (Å²) in [7, 11) is 1.89. The maximum Gasteiger partial charge on any atom is 0.134 e. The van der Waals surface area contributed by atoms with Crippen molar-refractivity contribution in [3.8, 4) is 0 Å². The van der Waals surface area contributed by atoms with Crippen LogP contribution in [0.15, 0.2) is 23.8 Å². The fourth-order valence-electron chi connectivity index (χ4n) is 1.87. The number of nitrogens with one attached hydrogen (secondary N) is 2. The van der Waals surface area contributed by atoms with Gasteiger partial charge < -0.3 is 10.6 Å². The second-order valence-electron chi connectivity index (χ2n) is 3.91. The smallest absolute Gasteiger partial charge is 0.134 e. The third kappa shape index (κ3) is 2.98. The number of rotatable bonds is 6. The Kier molecular flexibility index (Phi) is 4.52. The molecule has 0 unspecified atom stereocenters. The van der Waals surface area contributed by atoms with Gasteiger partial charge in [-0.3, -0.25) is 0 Å². The van der Waals surface area contributed by atoms with E-state index >= 15 is 0 Å². The van der Waals surface area contributed by atoms with Gasteiger partial charge in [0.15, 0.2) is 0 Å². The fourth-order valence-corrected chi connectivity index (χ4v) is 2.58. The normalized spacial score (nSPS) is 10.3. The van der Waals surface area contributed by atoms with Crippen LogP contribution >= 0.6 is 11.3 Å². The predicted molar refractivity (Wildman–Crippen MR) is 77.5 cm³/mol. The molecule has 0 fully saturated rings. The summed E-state index contributed by atoms with van der Waals surface area (Å²) in [6.07, 6.45) is 3.54. The zero-order chi connectivity index (χ0) is 12.8. The highest BCUT2D eigenvalue weighted by Gasteiger charge is 2.07. The first-order valence-electron chi connectivity index (χ1n) is 6.13. The minimum Gasteiger partial charge on any atom is -0.373 e. The molecule has 0 bridgehead atoms. The second kappa shape index (κ2) is 6.35. The van der Waals surface area contributed by atoms with E-state index in [1.165, 1.54) is 4.88 Å². The zero-order valence-electron chi connectivity index (χ0n) is 10.7. The molecular formula is C13H18N4S. The first-order chi connectivity index (χ1) is 8.85. The van der Waals surface area contributed by atoms with E-state index in [1.54, 1.807) is 17.7 Å². The lowest BCUT2D eigenvalue weighted by atomic mass is 10.2. The molecule has 0 atom stereocenters. The third-order valence-corrected chi connectivity index (χ3v) is 3.72. The Balaban J connectivity index is 2.00. The van der Waals surface area contributed by atoms with Crippen LogP contribution in [0.5, 0.6) is 0 Å². The van der Waals surface area contributed by atoms with Gasteiger partial charge in [0, 0.05) is 24.0 Å². The van der Waals surface area contributed by atoms with Crippen LogP contribution in [0.2, 0.25) is 0 Å². The molecule has 0 spiro atoms. The molecule has 0 amide bonds. The quantitative estimate of drug-likeness (QED) is 0.840. The Hall–Kier alpha value is -1.62. The van der Waals surface area contributed by atoms with E-state index in [2.05, 4.69) is 45.0 Å². The highest BCUT2D eigenvalue weighted by Crippen LogP contribution is 2.20. The van der Waals surface area contributed by atoms with Crippen LogP contribution in [0.1, 0.15) is 17.4 Å². The molecule has 2 N–H and O–H groups in total. The lowest BCUT2D eigenvalue weighted by Crippen LogP contribution is -2.10. The number of nitrogens with zero attached hydrogens (tertiary/aromatic N) is 2. The first kappa shape index (κ1) is 12.8. The van der Waals surface area contributed by atoms with Crippen LogP contribution in [0, 0.1) is 0 Å². The number of hydrogen-bond acceptors (Lipinski definition) is 5. The summed E-state index contributed by atoms with van der Waals surface area (Å²) in [5.74, 6) is 1.85. The molecule has 0 saturated heterocycles. The zero-order valence-corrected chi connectivity index (χ0v) is 11.5. The van der Waals surface area contributed by atoms with Gasteiger partial charge in [0.25, 0.3) is 0 Å². The number of anilines is 2. The van der Waals surface area contributed by atoms with E-state index in [9.17, 15) is 0 Å². The average molecular weight is 262 g/mol. The molecule has 2 heterocycles. The van der Waals surface area contributed by atoms with Crippen molar-refractivity contribution < 1.29 is 0 Å². The summed E-state index contributed by atoms with van der Waals surface area (Å²) in [6, 6.07) is 4.24. The highest BCUT2D eigenvalue weighted by molar-refractivity contribution is 7.09. The Bertz CT molecular complexity index is 482. The molecule has 5 heteroatoms. The highest BCUT2D eigenvalue weighted by atomic mass is 32.1. The Morgan fingerprint density at radius 3 is 2.78 bits per heavy atom. The molecule has 2 aromatic heterocycles. The molecule has 18 heavy (non-hydrogen) atoms. The largest absolute Gasteiger partial charge is 0.373 e. The van der Waals surface area contributed by atoms with Crippen LogP contribution < -0.4 is 10.6 Å². The van der Waals surface area contributed by atoms with Crippen molar-refractivity contribution in [1.82, 2.24) is 9.97 Å². The topological polar surface area (TPSA) is 49.8 Å². The molecule has 0 aromatic carbocycles. The molecule has 0 aliphatic heterocycles. The molecule has 0 radical (unpaired) electrons. The molecule has 96 valence electrons. The van der Waals surface area contributed by atoms with Gasteiger partial charge in [0.2, 0.25) is 0 Å². The monoisotopic (exact) mass is 262 g/mol. The summed E-state index contributed by atoms with van der Waals surface area (Å²) in [6.45, 7) is 3.01. The maximum absolute atomic E-state index is 4.32. The maximum atomic E-state index is 4.32. The van der Waals surface area contributed by atoms with Crippen molar-refractivity contribution in [1.29, 1.82) is 0 Å². The standard InChI is InChI=1S/C13H18N4S/c1-3-11-12(14-2)16-9-17-13(11)15-7-6-10-5-4-8-18-10/h4-5,8-9H,3,6-7H2,1-2H3,(H2,14,15,16,17). The third-order valence-electron chi connectivity index (χ3n) is 2.78. The van der Waals surface area contributed by atoms with Crippen LogP contribution in [-0.2, 0) is 12.8 Å². The number of aromatic nitrogens is 2. The van der Waals surface area contributed by atoms with Gasteiger partial charge in [0.05, 0.1) is 0 Å². The van der Waals surface area contributed by atoms with Crippen LogP contribution in [0.25, 0.3) is 0 Å². The first-order valence-corrected chi connectivity index (χ1v) is 7.01. The van der Waals surface area contributed by atoms with Gasteiger partial charge >= 0.3 is 0 Å². The van der Waals surface area contributed by atoms with E-state index in [0.717, 1.165) is 36.6 Å². The van der Waals surface area contributed by atoms with E-state index in [-0.39, 0.29) is 0 Å². The van der Waals surface area contributed by atoms with Gasteiger partial charge in [-0.15, -0.1) is 11.3 Å². The Labute approximate surface area is 111 Å². The van der Waals surface area contributed by atoms with Gasteiger partial charge in [-0.25, -0.2) is 9.97 Å². The number of hydrogen-bond donors (Lipinski definition) is 2. The minimum absolute atomic E-state index is 0.897. The lowest BCUT2D eigenvalue weighted by molar-refractivity contribution is 0.985. The van der Waals surface area contributed by atoms with Crippen molar-refractivity contribution in [3.05, 3.63) is 34.3 Å². The van der Waals surface area contributed by atoms with Gasteiger partial charge in [-0.05, 0) is 24.3 Å². The number of thiophene rings is 1. The van der Waals surface area contributed by atoms with E-state index in [1.807, 2.05) is 7.05 Å². The van der Waals surface area contributed by atoms with Gasteiger partial charge in [0.1, 0.15) is 18.0 Å². The summed E-state index contributed by atoms with van der Waals surface area (Å²) < 4.78 is 0. The summed E-state index contributed by atoms with van der Waals surface area (Å²) >= 11 is 1.79. The lowest BCUT2D eigenvalue weighted by Gasteiger charge is -2.12. The molecule has 4 nitrogen and oxygen atoms in total. The average Bonchev–Trinajstić information content (AvgIpc) is 2.91. The molecule has 0 aliphatic carbocycles. The van der Waals surface area contributed by atoms with Crippen molar-refractivity contribution in [2.45, 2.75) is 19.8 Å². The van der Waals surface area contributed by atoms with E-state index in [4.69, 9.17) is 0 Å². The van der Waals surface area contributed by atoms with Crippen LogP contribution in [0.3, 0.4) is 0 Å². The molecule has 2 rings (SSSR count). The fraction of sp³-hybridized carbons (Fsp3) is 0.385. The van der Waals surface area contributed by atoms with Crippen molar-refractivity contribution >= 4 is 23.0 Å². The van der Waals surface area contributed by atoms with Gasteiger partial charge in [-0.1, -0.05) is 13.0 Å². The van der Waals surface area contributed by atoms with Crippen molar-refractivity contribution in [2.75, 3.05) is 24.2 Å². The van der Waals surface area contributed by atoms with E-state index in [0.29, 0.717) is 0 Å². The summed E-state index contributed by atoms with van der Waals surface area (Å²) in [4.78, 5) is 9.94. The summed E-state index contributed by atoms with van der Waals surface area (Å²) in [5.41, 5.74) is 1.14.